The summed E-state index contributed by atoms with van der Waals surface area (Å²) in [5.41, 5.74) is 0. The van der Waals surface area contributed by atoms with E-state index in [0.29, 0.717) is 31.6 Å². The van der Waals surface area contributed by atoms with Crippen molar-refractivity contribution in [1.29, 1.82) is 0 Å². The second-order valence-corrected chi connectivity index (χ2v) is 30.0. The van der Waals surface area contributed by atoms with E-state index in [-0.39, 0.29) is 25.7 Å². The largest absolute Gasteiger partial charge is 0.472 e. The van der Waals surface area contributed by atoms with Gasteiger partial charge in [0.15, 0.2) is 12.2 Å². The Bertz CT molecular complexity index is 1770. The predicted octanol–water partition coefficient (Wildman–Crippen LogP) is 20.2. The fourth-order valence-electron chi connectivity index (χ4n) is 10.7. The Balaban J connectivity index is 5.20. The summed E-state index contributed by atoms with van der Waals surface area (Å²) in [6.07, 6.45) is 46.0. The molecule has 0 aliphatic rings. The van der Waals surface area contributed by atoms with E-state index in [4.69, 9.17) is 37.0 Å². The molecule has 0 saturated heterocycles. The van der Waals surface area contributed by atoms with Crippen LogP contribution in [0.25, 0.3) is 0 Å². The molecule has 0 heterocycles. The van der Waals surface area contributed by atoms with E-state index in [1.54, 1.807) is 0 Å². The molecule has 17 nitrogen and oxygen atoms in total. The molecule has 0 aliphatic heterocycles. The molecule has 0 aromatic heterocycles. The van der Waals surface area contributed by atoms with Crippen LogP contribution in [0.4, 0.5) is 0 Å². The zero-order valence-electron chi connectivity index (χ0n) is 58.6. The van der Waals surface area contributed by atoms with Crippen molar-refractivity contribution in [2.75, 3.05) is 39.6 Å². The number of hydrogen-bond acceptors (Lipinski definition) is 15. The molecule has 3 N–H and O–H groups in total. The van der Waals surface area contributed by atoms with Crippen LogP contribution in [0, 0.1) is 17.8 Å². The van der Waals surface area contributed by atoms with Gasteiger partial charge in [-0.15, -0.1) is 0 Å². The van der Waals surface area contributed by atoms with Crippen LogP contribution in [-0.4, -0.2) is 96.7 Å². The van der Waals surface area contributed by atoms with Crippen molar-refractivity contribution in [2.24, 2.45) is 17.8 Å². The topological polar surface area (TPSA) is 237 Å². The fraction of sp³-hybridized carbons (Fsp3) is 0.944. The lowest BCUT2D eigenvalue weighted by Gasteiger charge is -2.21. The van der Waals surface area contributed by atoms with Crippen molar-refractivity contribution in [3.63, 3.8) is 0 Å². The Kier molecular flexibility index (Phi) is 60.6. The smallest absolute Gasteiger partial charge is 0.462 e. The SMILES string of the molecule is CCCCCCCCCCCCC(=O)OC[C@H](COP(=O)(O)OC[C@H](O)COP(=O)(O)OC[C@@H](COC(=O)CCCCCCCCCCC(C)C)OC(=O)CCCCCCCCCCCCCCCCCCC(C)C)OC(=O)CCCCCCCCCC(C)C. The van der Waals surface area contributed by atoms with Crippen molar-refractivity contribution >= 4 is 39.5 Å². The molecule has 0 aromatic rings. The van der Waals surface area contributed by atoms with E-state index >= 15 is 0 Å². The van der Waals surface area contributed by atoms with Gasteiger partial charge in [-0.3, -0.25) is 37.3 Å². The summed E-state index contributed by atoms with van der Waals surface area (Å²) in [5.74, 6) is 0.103. The van der Waals surface area contributed by atoms with Gasteiger partial charge in [0, 0.05) is 25.7 Å². The van der Waals surface area contributed by atoms with Crippen molar-refractivity contribution < 1.29 is 80.2 Å². The molecule has 0 rings (SSSR count). The lowest BCUT2D eigenvalue weighted by molar-refractivity contribution is -0.161. The predicted molar refractivity (Wildman–Crippen MR) is 363 cm³/mol. The zero-order chi connectivity index (χ0) is 66.6. The van der Waals surface area contributed by atoms with Crippen molar-refractivity contribution in [3.8, 4) is 0 Å². The summed E-state index contributed by atoms with van der Waals surface area (Å²) in [4.78, 5) is 72.5. The monoisotopic (exact) mass is 1320 g/mol. The highest BCUT2D eigenvalue weighted by Gasteiger charge is 2.30. The number of rotatable bonds is 69. The van der Waals surface area contributed by atoms with Crippen molar-refractivity contribution in [3.05, 3.63) is 0 Å². The number of hydrogen-bond donors (Lipinski definition) is 3. The molecule has 0 aliphatic carbocycles. The van der Waals surface area contributed by atoms with Gasteiger partial charge < -0.3 is 33.8 Å². The van der Waals surface area contributed by atoms with Gasteiger partial charge in [0.2, 0.25) is 0 Å². The lowest BCUT2D eigenvalue weighted by atomic mass is 10.0. The van der Waals surface area contributed by atoms with Crippen LogP contribution < -0.4 is 0 Å². The van der Waals surface area contributed by atoms with E-state index in [1.165, 1.54) is 167 Å². The number of carbonyl (C=O) groups is 4. The molecule has 19 heteroatoms. The molecular weight excluding hydrogens is 1190 g/mol. The summed E-state index contributed by atoms with van der Waals surface area (Å²) < 4.78 is 68.2. The third-order valence-electron chi connectivity index (χ3n) is 16.4. The molecule has 0 radical (unpaired) electrons. The number of esters is 4. The van der Waals surface area contributed by atoms with Crippen LogP contribution in [0.3, 0.4) is 0 Å². The Hall–Kier alpha value is -1.94. The van der Waals surface area contributed by atoms with Crippen LogP contribution in [0.2, 0.25) is 0 Å². The van der Waals surface area contributed by atoms with Crippen LogP contribution in [0.15, 0.2) is 0 Å². The maximum Gasteiger partial charge on any atom is 0.472 e. The Morgan fingerprint density at radius 1 is 0.300 bits per heavy atom. The minimum Gasteiger partial charge on any atom is -0.462 e. The number of ether oxygens (including phenoxy) is 4. The summed E-state index contributed by atoms with van der Waals surface area (Å²) >= 11 is 0. The Morgan fingerprint density at radius 2 is 0.511 bits per heavy atom. The van der Waals surface area contributed by atoms with Crippen LogP contribution >= 0.6 is 15.6 Å². The van der Waals surface area contributed by atoms with Gasteiger partial charge in [0.05, 0.1) is 26.4 Å². The molecule has 0 spiro atoms. The molecular formula is C71H138O17P2. The van der Waals surface area contributed by atoms with Crippen LogP contribution in [0.1, 0.15) is 357 Å². The highest BCUT2D eigenvalue weighted by Crippen LogP contribution is 2.45. The molecule has 0 fully saturated rings. The van der Waals surface area contributed by atoms with Gasteiger partial charge in [0.25, 0.3) is 0 Å². The summed E-state index contributed by atoms with van der Waals surface area (Å²) in [6.45, 7) is 11.8. The molecule has 0 amide bonds. The first-order valence-electron chi connectivity index (χ1n) is 36.8. The van der Waals surface area contributed by atoms with E-state index in [0.717, 1.165) is 102 Å². The molecule has 0 bridgehead atoms. The number of phosphoric ester groups is 2. The first-order chi connectivity index (χ1) is 43.2. The fourth-order valence-corrected chi connectivity index (χ4v) is 12.3. The number of unbranched alkanes of at least 4 members (excludes halogenated alkanes) is 37. The van der Waals surface area contributed by atoms with Crippen molar-refractivity contribution in [2.45, 2.75) is 375 Å². The molecule has 2 unspecified atom stereocenters. The highest BCUT2D eigenvalue weighted by molar-refractivity contribution is 7.47. The van der Waals surface area contributed by atoms with E-state index in [2.05, 4.69) is 48.5 Å². The molecule has 0 saturated carbocycles. The number of phosphoric acid groups is 2. The quantitative estimate of drug-likeness (QED) is 0.0222. The van der Waals surface area contributed by atoms with Gasteiger partial charge >= 0.3 is 39.5 Å². The molecule has 0 aromatic carbocycles. The summed E-state index contributed by atoms with van der Waals surface area (Å²) in [5, 5.41) is 10.6. The maximum absolute atomic E-state index is 13.0. The molecule has 534 valence electrons. The normalized spacial score (nSPS) is 14.2. The van der Waals surface area contributed by atoms with Gasteiger partial charge in [-0.05, 0) is 43.4 Å². The van der Waals surface area contributed by atoms with Crippen molar-refractivity contribution in [1.82, 2.24) is 0 Å². The third kappa shape index (κ3) is 64.8. The van der Waals surface area contributed by atoms with E-state index in [9.17, 15) is 43.2 Å². The van der Waals surface area contributed by atoms with Gasteiger partial charge in [-0.1, -0.05) is 305 Å². The third-order valence-corrected chi connectivity index (χ3v) is 18.3. The lowest BCUT2D eigenvalue weighted by Crippen LogP contribution is -2.30. The minimum absolute atomic E-state index is 0.103. The van der Waals surface area contributed by atoms with Crippen LogP contribution in [0.5, 0.6) is 0 Å². The Labute approximate surface area is 549 Å². The molecule has 90 heavy (non-hydrogen) atoms. The van der Waals surface area contributed by atoms with Gasteiger partial charge in [-0.2, -0.15) is 0 Å². The standard InChI is InChI=1S/C71H138O17P2/c1-8-9-10-11-12-13-23-31-38-45-52-68(73)81-59-67(88-71(76)55-48-41-34-27-30-37-44-51-64(6)7)61-86-90(79,80)84-57-65(72)56-83-89(77,78)85-60-66(58-82-69(74)53-46-39-32-26-25-29-36-43-50-63(4)5)87-70(75)54-47-40-33-24-21-19-17-15-14-16-18-20-22-28-35-42-49-62(2)3/h62-67,72H,8-61H2,1-7H3,(H,77,78)(H,79,80)/t65-,66-,67-/m1/s1. The van der Waals surface area contributed by atoms with E-state index < -0.39 is 97.5 Å². The number of aliphatic hydroxyl groups excluding tert-OH is 1. The van der Waals surface area contributed by atoms with Gasteiger partial charge in [-0.25, -0.2) is 9.13 Å². The van der Waals surface area contributed by atoms with Crippen LogP contribution in [-0.2, 0) is 65.4 Å². The first-order valence-corrected chi connectivity index (χ1v) is 39.8. The van der Waals surface area contributed by atoms with E-state index in [1.807, 2.05) is 0 Å². The maximum atomic E-state index is 13.0. The molecule has 5 atom stereocenters. The zero-order valence-corrected chi connectivity index (χ0v) is 60.4. The highest BCUT2D eigenvalue weighted by atomic mass is 31.2. The Morgan fingerprint density at radius 3 is 0.756 bits per heavy atom. The number of carbonyl (C=O) groups excluding carboxylic acids is 4. The average molecular weight is 1330 g/mol. The van der Waals surface area contributed by atoms with Gasteiger partial charge in [0.1, 0.15) is 19.3 Å². The number of aliphatic hydroxyl groups is 1. The summed E-state index contributed by atoms with van der Waals surface area (Å²) in [6, 6.07) is 0. The second-order valence-electron chi connectivity index (χ2n) is 27.1. The summed E-state index contributed by atoms with van der Waals surface area (Å²) in [7, 11) is -9.90. The minimum atomic E-state index is -4.95. The first kappa shape index (κ1) is 88.1. The second kappa shape index (κ2) is 61.9. The average Bonchev–Trinajstić information content (AvgIpc) is 3.67.